The number of para-hydroxylation sites is 1. The highest BCUT2D eigenvalue weighted by Gasteiger charge is 2.07. The van der Waals surface area contributed by atoms with E-state index >= 15 is 0 Å². The first-order valence-electron chi connectivity index (χ1n) is 7.07. The van der Waals surface area contributed by atoms with E-state index in [-0.39, 0.29) is 0 Å². The Kier molecular flexibility index (Phi) is 3.79. The average molecular weight is 265 g/mol. The molecule has 0 aliphatic carbocycles. The fraction of sp³-hybridized carbons (Fsp3) is 0.235. The van der Waals surface area contributed by atoms with E-state index in [1.807, 2.05) is 6.07 Å². The van der Waals surface area contributed by atoms with Crippen LogP contribution in [0.15, 0.2) is 54.6 Å². The van der Waals surface area contributed by atoms with Gasteiger partial charge in [-0.05, 0) is 24.5 Å². The van der Waals surface area contributed by atoms with Crippen LogP contribution in [0.4, 0.5) is 0 Å². The fourth-order valence-corrected chi connectivity index (χ4v) is 2.60. The molecule has 102 valence electrons. The molecule has 2 aromatic carbocycles. The van der Waals surface area contributed by atoms with Crippen LogP contribution in [-0.2, 0) is 19.5 Å². The van der Waals surface area contributed by atoms with Gasteiger partial charge in [-0.3, -0.25) is 4.68 Å². The van der Waals surface area contributed by atoms with Crippen LogP contribution >= 0.6 is 0 Å². The quantitative estimate of drug-likeness (QED) is 0.770. The second-order valence-electron chi connectivity index (χ2n) is 4.98. The van der Waals surface area contributed by atoms with Crippen molar-refractivity contribution in [3.8, 4) is 0 Å². The zero-order valence-corrected chi connectivity index (χ0v) is 11.5. The molecule has 1 heterocycles. The highest BCUT2D eigenvalue weighted by molar-refractivity contribution is 5.81. The molecule has 0 amide bonds. The van der Waals surface area contributed by atoms with E-state index in [0.717, 1.165) is 25.1 Å². The van der Waals surface area contributed by atoms with Crippen molar-refractivity contribution in [1.29, 1.82) is 0 Å². The maximum absolute atomic E-state index is 5.77. The van der Waals surface area contributed by atoms with Gasteiger partial charge in [0.25, 0.3) is 0 Å². The number of nitrogens with two attached hydrogens (primary N) is 1. The average Bonchev–Trinajstić information content (AvgIpc) is 2.87. The molecule has 0 spiro atoms. The summed E-state index contributed by atoms with van der Waals surface area (Å²) in [7, 11) is 0. The molecular formula is C17H19N3. The third-order valence-corrected chi connectivity index (χ3v) is 3.61. The van der Waals surface area contributed by atoms with Crippen LogP contribution in [0.1, 0.15) is 17.7 Å². The predicted molar refractivity (Wildman–Crippen MR) is 82.4 cm³/mol. The van der Waals surface area contributed by atoms with E-state index in [0.29, 0.717) is 6.54 Å². The number of hydrogen-bond donors (Lipinski definition) is 1. The molecule has 0 fully saturated rings. The van der Waals surface area contributed by atoms with Gasteiger partial charge in [0.15, 0.2) is 0 Å². The third-order valence-electron chi connectivity index (χ3n) is 3.61. The van der Waals surface area contributed by atoms with Crippen molar-refractivity contribution in [3.05, 3.63) is 65.9 Å². The second kappa shape index (κ2) is 5.88. The molecule has 3 nitrogen and oxygen atoms in total. The Bertz CT molecular complexity index is 686. The minimum absolute atomic E-state index is 0.492. The summed E-state index contributed by atoms with van der Waals surface area (Å²) in [6.07, 6.45) is 2.16. The summed E-state index contributed by atoms with van der Waals surface area (Å²) >= 11 is 0. The zero-order valence-electron chi connectivity index (χ0n) is 11.5. The lowest BCUT2D eigenvalue weighted by molar-refractivity contribution is 0.588. The summed E-state index contributed by atoms with van der Waals surface area (Å²) in [5.41, 5.74) is 9.32. The van der Waals surface area contributed by atoms with Gasteiger partial charge >= 0.3 is 0 Å². The lowest BCUT2D eigenvalue weighted by atomic mass is 10.1. The van der Waals surface area contributed by atoms with Crippen LogP contribution in [-0.4, -0.2) is 9.78 Å². The Morgan fingerprint density at radius 3 is 2.50 bits per heavy atom. The summed E-state index contributed by atoms with van der Waals surface area (Å²) in [5, 5.41) is 5.81. The molecule has 3 heteroatoms. The molecule has 2 N–H and O–H groups in total. The lowest BCUT2D eigenvalue weighted by Crippen LogP contribution is -2.04. The summed E-state index contributed by atoms with van der Waals surface area (Å²) in [4.78, 5) is 0. The van der Waals surface area contributed by atoms with Crippen molar-refractivity contribution in [1.82, 2.24) is 9.78 Å². The molecule has 0 aliphatic heterocycles. The molecule has 3 aromatic rings. The predicted octanol–water partition coefficient (Wildman–Crippen LogP) is 3.13. The molecule has 0 unspecified atom stereocenters. The smallest absolute Gasteiger partial charge is 0.0838 e. The van der Waals surface area contributed by atoms with Crippen LogP contribution in [0.25, 0.3) is 10.9 Å². The number of rotatable bonds is 5. The molecule has 0 atom stereocenters. The van der Waals surface area contributed by atoms with Gasteiger partial charge in [0.2, 0.25) is 0 Å². The maximum Gasteiger partial charge on any atom is 0.0838 e. The Morgan fingerprint density at radius 2 is 1.70 bits per heavy atom. The van der Waals surface area contributed by atoms with Gasteiger partial charge < -0.3 is 5.73 Å². The Balaban J connectivity index is 1.74. The van der Waals surface area contributed by atoms with Gasteiger partial charge in [0.1, 0.15) is 0 Å². The second-order valence-corrected chi connectivity index (χ2v) is 4.98. The van der Waals surface area contributed by atoms with Gasteiger partial charge in [0, 0.05) is 18.5 Å². The topological polar surface area (TPSA) is 43.8 Å². The SMILES string of the molecule is NCc1nn(CCCc2ccccc2)c2ccccc12. The molecular weight excluding hydrogens is 246 g/mol. The van der Waals surface area contributed by atoms with Crippen LogP contribution in [0, 0.1) is 0 Å². The van der Waals surface area contributed by atoms with Crippen LogP contribution < -0.4 is 5.73 Å². The Labute approximate surface area is 119 Å². The van der Waals surface area contributed by atoms with Gasteiger partial charge in [-0.1, -0.05) is 48.5 Å². The van der Waals surface area contributed by atoms with E-state index in [1.54, 1.807) is 0 Å². The third kappa shape index (κ3) is 2.58. The van der Waals surface area contributed by atoms with Gasteiger partial charge in [-0.15, -0.1) is 0 Å². The molecule has 0 aliphatic rings. The van der Waals surface area contributed by atoms with E-state index < -0.39 is 0 Å². The van der Waals surface area contributed by atoms with E-state index in [4.69, 9.17) is 5.73 Å². The summed E-state index contributed by atoms with van der Waals surface area (Å²) in [6, 6.07) is 18.9. The van der Waals surface area contributed by atoms with Gasteiger partial charge in [-0.25, -0.2) is 0 Å². The largest absolute Gasteiger partial charge is 0.325 e. The van der Waals surface area contributed by atoms with Crippen LogP contribution in [0.3, 0.4) is 0 Å². The Hall–Kier alpha value is -2.13. The summed E-state index contributed by atoms with van der Waals surface area (Å²) in [5.74, 6) is 0. The first-order valence-corrected chi connectivity index (χ1v) is 7.07. The number of aryl methyl sites for hydroxylation is 2. The normalized spacial score (nSPS) is 11.1. The number of nitrogens with zero attached hydrogens (tertiary/aromatic N) is 2. The van der Waals surface area contributed by atoms with Gasteiger partial charge in [0.05, 0.1) is 11.2 Å². The monoisotopic (exact) mass is 265 g/mol. The van der Waals surface area contributed by atoms with Crippen LogP contribution in [0.5, 0.6) is 0 Å². The highest BCUT2D eigenvalue weighted by Crippen LogP contribution is 2.18. The summed E-state index contributed by atoms with van der Waals surface area (Å²) in [6.45, 7) is 1.42. The standard InChI is InChI=1S/C17H19N3/c18-13-16-15-10-4-5-11-17(15)20(19-16)12-6-9-14-7-2-1-3-8-14/h1-5,7-8,10-11H,6,9,12-13,18H2. The zero-order chi connectivity index (χ0) is 13.8. The molecule has 0 bridgehead atoms. The van der Waals surface area contributed by atoms with E-state index in [2.05, 4.69) is 58.3 Å². The molecule has 20 heavy (non-hydrogen) atoms. The lowest BCUT2D eigenvalue weighted by Gasteiger charge is -2.04. The fourth-order valence-electron chi connectivity index (χ4n) is 2.60. The van der Waals surface area contributed by atoms with Crippen molar-refractivity contribution in [2.45, 2.75) is 25.9 Å². The Morgan fingerprint density at radius 1 is 0.950 bits per heavy atom. The number of fused-ring (bicyclic) bond motifs is 1. The van der Waals surface area contributed by atoms with Gasteiger partial charge in [-0.2, -0.15) is 5.10 Å². The first-order chi connectivity index (χ1) is 9.88. The minimum Gasteiger partial charge on any atom is -0.325 e. The molecule has 0 radical (unpaired) electrons. The summed E-state index contributed by atoms with van der Waals surface area (Å²) < 4.78 is 2.08. The number of benzene rings is 2. The first kappa shape index (κ1) is 12.9. The minimum atomic E-state index is 0.492. The van der Waals surface area contributed by atoms with Crippen molar-refractivity contribution >= 4 is 10.9 Å². The van der Waals surface area contributed by atoms with Crippen molar-refractivity contribution < 1.29 is 0 Å². The van der Waals surface area contributed by atoms with E-state index in [9.17, 15) is 0 Å². The molecule has 1 aromatic heterocycles. The highest BCUT2D eigenvalue weighted by atomic mass is 15.3. The van der Waals surface area contributed by atoms with Crippen LogP contribution in [0.2, 0.25) is 0 Å². The number of hydrogen-bond acceptors (Lipinski definition) is 2. The maximum atomic E-state index is 5.77. The van der Waals surface area contributed by atoms with E-state index in [1.165, 1.54) is 16.5 Å². The van der Waals surface area contributed by atoms with Crippen molar-refractivity contribution in [2.75, 3.05) is 0 Å². The molecule has 0 saturated carbocycles. The molecule has 0 saturated heterocycles. The van der Waals surface area contributed by atoms with Crippen molar-refractivity contribution in [2.24, 2.45) is 5.73 Å². The number of aromatic nitrogens is 2. The molecule has 3 rings (SSSR count). The van der Waals surface area contributed by atoms with Crippen molar-refractivity contribution in [3.63, 3.8) is 0 Å².